The third kappa shape index (κ3) is 5.00. The number of aliphatic hydroxyl groups is 4. The predicted octanol–water partition coefficient (Wildman–Crippen LogP) is 0.412. The summed E-state index contributed by atoms with van der Waals surface area (Å²) in [6, 6.07) is 4.54. The second kappa shape index (κ2) is 10.1. The Kier molecular flexibility index (Phi) is 7.52. The van der Waals surface area contributed by atoms with Crippen molar-refractivity contribution in [3.05, 3.63) is 40.8 Å². The molecule has 0 saturated carbocycles. The van der Waals surface area contributed by atoms with Crippen LogP contribution in [0.1, 0.15) is 19.8 Å². The molecule has 1 saturated heterocycles. The Morgan fingerprint density at radius 3 is 2.61 bits per heavy atom. The first-order chi connectivity index (χ1) is 14.9. The summed E-state index contributed by atoms with van der Waals surface area (Å²) in [5.74, 6) is -0.763. The average Bonchev–Trinajstić information content (AvgIpc) is 2.76. The predicted molar refractivity (Wildman–Crippen MR) is 108 cm³/mol. The maximum Gasteiger partial charge on any atom is 0.382 e. The molecule has 0 amide bonds. The lowest BCUT2D eigenvalue weighted by Gasteiger charge is -2.39. The fourth-order valence-electron chi connectivity index (χ4n) is 3.16. The molecule has 3 rings (SSSR count). The third-order valence-corrected chi connectivity index (χ3v) is 4.85. The van der Waals surface area contributed by atoms with Crippen molar-refractivity contribution in [1.82, 2.24) is 0 Å². The SMILES string of the molecule is CC/C=C/CCOc1ccc2c(O[C@H]3O[C@H](CO)[C@@H](O)[C@H](O)[C@@H]3O)c(O)c(=O)oc2c1. The van der Waals surface area contributed by atoms with Crippen LogP contribution in [-0.4, -0.2) is 69.5 Å². The molecule has 0 aliphatic carbocycles. The van der Waals surface area contributed by atoms with Gasteiger partial charge in [0.1, 0.15) is 35.7 Å². The van der Waals surface area contributed by atoms with E-state index in [1.807, 2.05) is 19.1 Å². The van der Waals surface area contributed by atoms with Gasteiger partial charge in [-0.1, -0.05) is 19.1 Å². The second-order valence-corrected chi connectivity index (χ2v) is 7.06. The van der Waals surface area contributed by atoms with Gasteiger partial charge in [-0.3, -0.25) is 0 Å². The number of hydrogen-bond donors (Lipinski definition) is 5. The lowest BCUT2D eigenvalue weighted by Crippen LogP contribution is -2.60. The van der Waals surface area contributed by atoms with Crippen LogP contribution in [0, 0.1) is 0 Å². The van der Waals surface area contributed by atoms with Crippen LogP contribution in [0.5, 0.6) is 17.2 Å². The van der Waals surface area contributed by atoms with Crippen molar-refractivity contribution in [2.45, 2.75) is 50.5 Å². The monoisotopic (exact) mass is 438 g/mol. The molecule has 0 radical (unpaired) electrons. The first-order valence-electron chi connectivity index (χ1n) is 9.92. The Morgan fingerprint density at radius 2 is 1.90 bits per heavy atom. The third-order valence-electron chi connectivity index (χ3n) is 4.85. The van der Waals surface area contributed by atoms with Gasteiger partial charge < -0.3 is 44.2 Å². The van der Waals surface area contributed by atoms with Gasteiger partial charge in [0, 0.05) is 6.07 Å². The van der Waals surface area contributed by atoms with Crippen molar-refractivity contribution in [3.63, 3.8) is 0 Å². The summed E-state index contributed by atoms with van der Waals surface area (Å²) in [7, 11) is 0. The molecule has 2 heterocycles. The molecule has 1 fully saturated rings. The molecule has 1 aliphatic rings. The van der Waals surface area contributed by atoms with Crippen molar-refractivity contribution in [1.29, 1.82) is 0 Å². The van der Waals surface area contributed by atoms with Gasteiger partial charge in [0.15, 0.2) is 5.75 Å². The fourth-order valence-corrected chi connectivity index (χ4v) is 3.16. The standard InChI is InChI=1S/C21H26O10/c1-2-3-4-5-8-28-11-6-7-12-13(9-11)29-20(27)18(26)19(12)31-21-17(25)16(24)15(23)14(10-22)30-21/h3-4,6-7,9,14-17,21-26H,2,5,8,10H2,1H3/b4-3+/t14-,15-,16+,17+,21-/m1/s1. The lowest BCUT2D eigenvalue weighted by atomic mass is 9.99. The van der Waals surface area contributed by atoms with E-state index in [1.165, 1.54) is 12.1 Å². The molecule has 0 unspecified atom stereocenters. The Hall–Kier alpha value is -2.63. The molecule has 31 heavy (non-hydrogen) atoms. The van der Waals surface area contributed by atoms with Gasteiger partial charge in [-0.05, 0) is 25.0 Å². The summed E-state index contributed by atoms with van der Waals surface area (Å²) in [6.07, 6.45) is -2.09. The van der Waals surface area contributed by atoms with Crippen LogP contribution in [0.2, 0.25) is 0 Å². The van der Waals surface area contributed by atoms with E-state index in [-0.39, 0.29) is 16.7 Å². The molecule has 1 aromatic heterocycles. The molecule has 10 heteroatoms. The van der Waals surface area contributed by atoms with Gasteiger partial charge in [-0.15, -0.1) is 0 Å². The Morgan fingerprint density at radius 1 is 1.13 bits per heavy atom. The zero-order valence-corrected chi connectivity index (χ0v) is 16.9. The Labute approximate surface area is 177 Å². The van der Waals surface area contributed by atoms with Gasteiger partial charge >= 0.3 is 5.63 Å². The van der Waals surface area contributed by atoms with Crippen molar-refractivity contribution in [3.8, 4) is 17.2 Å². The fraction of sp³-hybridized carbons (Fsp3) is 0.476. The smallest absolute Gasteiger partial charge is 0.382 e. The van der Waals surface area contributed by atoms with Crippen molar-refractivity contribution < 1.29 is 44.2 Å². The summed E-state index contributed by atoms with van der Waals surface area (Å²) in [4.78, 5) is 12.1. The molecule has 0 spiro atoms. The minimum Gasteiger partial charge on any atom is -0.499 e. The van der Waals surface area contributed by atoms with E-state index in [2.05, 4.69) is 0 Å². The van der Waals surface area contributed by atoms with Gasteiger partial charge in [0.05, 0.1) is 18.6 Å². The second-order valence-electron chi connectivity index (χ2n) is 7.06. The highest BCUT2D eigenvalue weighted by atomic mass is 16.7. The molecule has 2 aromatic rings. The molecule has 10 nitrogen and oxygen atoms in total. The molecule has 5 N–H and O–H groups in total. The normalized spacial score (nSPS) is 26.4. The Bertz CT molecular complexity index is 967. The van der Waals surface area contributed by atoms with E-state index >= 15 is 0 Å². The molecule has 0 bridgehead atoms. The lowest BCUT2D eigenvalue weighted by molar-refractivity contribution is -0.277. The number of fused-ring (bicyclic) bond motifs is 1. The quantitative estimate of drug-likeness (QED) is 0.222. The zero-order chi connectivity index (χ0) is 22.5. The largest absolute Gasteiger partial charge is 0.499 e. The molecular formula is C21H26O10. The van der Waals surface area contributed by atoms with E-state index in [9.17, 15) is 30.3 Å². The van der Waals surface area contributed by atoms with Crippen LogP contribution >= 0.6 is 0 Å². The van der Waals surface area contributed by atoms with Gasteiger partial charge in [0.2, 0.25) is 12.0 Å². The number of rotatable bonds is 8. The van der Waals surface area contributed by atoms with Gasteiger partial charge in [-0.2, -0.15) is 0 Å². The van der Waals surface area contributed by atoms with Crippen molar-refractivity contribution in [2.24, 2.45) is 0 Å². The maximum absolute atomic E-state index is 12.1. The van der Waals surface area contributed by atoms with Crippen LogP contribution in [0.15, 0.2) is 39.6 Å². The first kappa shape index (κ1) is 23.0. The molecule has 1 aromatic carbocycles. The first-order valence-corrected chi connectivity index (χ1v) is 9.92. The van der Waals surface area contributed by atoms with Crippen LogP contribution in [-0.2, 0) is 4.74 Å². The van der Waals surface area contributed by atoms with Crippen LogP contribution in [0.3, 0.4) is 0 Å². The van der Waals surface area contributed by atoms with Crippen molar-refractivity contribution in [2.75, 3.05) is 13.2 Å². The maximum atomic E-state index is 12.1. The van der Waals surface area contributed by atoms with E-state index in [1.54, 1.807) is 6.07 Å². The van der Waals surface area contributed by atoms with E-state index < -0.39 is 48.7 Å². The summed E-state index contributed by atoms with van der Waals surface area (Å²) in [5.41, 5.74) is -1.03. The summed E-state index contributed by atoms with van der Waals surface area (Å²) >= 11 is 0. The van der Waals surface area contributed by atoms with E-state index in [0.29, 0.717) is 18.8 Å². The van der Waals surface area contributed by atoms with E-state index in [0.717, 1.165) is 6.42 Å². The summed E-state index contributed by atoms with van der Waals surface area (Å²) in [5, 5.41) is 49.6. The van der Waals surface area contributed by atoms with Crippen LogP contribution in [0.25, 0.3) is 11.0 Å². The van der Waals surface area contributed by atoms with Gasteiger partial charge in [-0.25, -0.2) is 4.79 Å². The number of ether oxygens (including phenoxy) is 3. The van der Waals surface area contributed by atoms with Crippen LogP contribution < -0.4 is 15.1 Å². The molecule has 170 valence electrons. The topological polar surface area (TPSA) is 159 Å². The summed E-state index contributed by atoms with van der Waals surface area (Å²) in [6.45, 7) is 1.79. The highest BCUT2D eigenvalue weighted by Crippen LogP contribution is 2.36. The Balaban J connectivity index is 1.87. The average molecular weight is 438 g/mol. The minimum absolute atomic E-state index is 0.0593. The van der Waals surface area contributed by atoms with Crippen LogP contribution in [0.4, 0.5) is 0 Å². The molecule has 5 atom stereocenters. The minimum atomic E-state index is -1.71. The number of hydrogen-bond acceptors (Lipinski definition) is 10. The number of allylic oxidation sites excluding steroid dienone is 1. The van der Waals surface area contributed by atoms with Crippen molar-refractivity contribution >= 4 is 11.0 Å². The highest BCUT2D eigenvalue weighted by molar-refractivity contribution is 5.86. The van der Waals surface area contributed by atoms with Gasteiger partial charge in [0.25, 0.3) is 0 Å². The number of aliphatic hydroxyl groups excluding tert-OH is 4. The molecular weight excluding hydrogens is 412 g/mol. The molecule has 1 aliphatic heterocycles. The summed E-state index contributed by atoms with van der Waals surface area (Å²) < 4.78 is 21.5. The number of benzene rings is 1. The van der Waals surface area contributed by atoms with E-state index in [4.69, 9.17) is 18.6 Å². The zero-order valence-electron chi connectivity index (χ0n) is 16.9. The number of aromatic hydroxyl groups is 1. The highest BCUT2D eigenvalue weighted by Gasteiger charge is 2.45.